The maximum Gasteiger partial charge on any atom is 0.324 e. The minimum absolute atomic E-state index is 0.111. The summed E-state index contributed by atoms with van der Waals surface area (Å²) in [5, 5.41) is 11.8. The molecule has 1 saturated carbocycles. The Morgan fingerprint density at radius 3 is 2.91 bits per heavy atom. The Morgan fingerprint density at radius 1 is 2.00 bits per heavy atom. The summed E-state index contributed by atoms with van der Waals surface area (Å²) in [7, 11) is 0. The maximum atomic E-state index is 10.7. The summed E-state index contributed by atoms with van der Waals surface area (Å²) in [6.45, 7) is 6.18. The van der Waals surface area contributed by atoms with Gasteiger partial charge in [0.05, 0.1) is 0 Å². The molecular weight excluding hydrogens is 142 g/mol. The second-order valence-corrected chi connectivity index (χ2v) is 2.85. The molecule has 1 rings (SSSR count). The monoisotopic (exact) mass is 155 g/mol. The fourth-order valence-corrected chi connectivity index (χ4v) is 1.41. The van der Waals surface area contributed by atoms with Gasteiger partial charge in [-0.2, -0.15) is 0 Å². The third kappa shape index (κ3) is 1.16. The first-order valence-corrected chi connectivity index (χ1v) is 3.78. The van der Waals surface area contributed by atoms with Gasteiger partial charge in [0.15, 0.2) is 0 Å². The normalized spacial score (nSPS) is 34.8. The highest BCUT2D eigenvalue weighted by Crippen LogP contribution is 2.44. The molecule has 2 unspecified atom stereocenters. The predicted molar refractivity (Wildman–Crippen MR) is 42.3 cm³/mol. The highest BCUT2D eigenvalue weighted by molar-refractivity contribution is 5.83. The Balaban J connectivity index is 2.62. The zero-order valence-corrected chi connectivity index (χ0v) is 6.63. The first-order valence-electron chi connectivity index (χ1n) is 3.78. The smallest absolute Gasteiger partial charge is 0.324 e. The van der Waals surface area contributed by atoms with E-state index in [1.54, 1.807) is 6.08 Å². The third-order valence-corrected chi connectivity index (χ3v) is 2.17. The third-order valence-electron chi connectivity index (χ3n) is 2.17. The molecule has 0 heterocycles. The minimum Gasteiger partial charge on any atom is -0.480 e. The molecule has 1 fully saturated rings. The standard InChI is InChI=1S/C8H13NO2/c1-3-6-5-8(6,7(10)11)9-4-2/h3,6,9H,1,4-5H2,2H3,(H,10,11). The fourth-order valence-electron chi connectivity index (χ4n) is 1.41. The molecule has 11 heavy (non-hydrogen) atoms. The first-order chi connectivity index (χ1) is 5.17. The number of hydrogen-bond acceptors (Lipinski definition) is 2. The number of carboxylic acids is 1. The van der Waals surface area contributed by atoms with E-state index in [0.29, 0.717) is 13.0 Å². The molecule has 0 bridgehead atoms. The van der Waals surface area contributed by atoms with Crippen LogP contribution in [0.1, 0.15) is 13.3 Å². The predicted octanol–water partition coefficient (Wildman–Crippen LogP) is 0.625. The molecule has 0 spiro atoms. The maximum absolute atomic E-state index is 10.7. The molecule has 0 aromatic carbocycles. The van der Waals surface area contributed by atoms with Crippen molar-refractivity contribution in [3.05, 3.63) is 12.7 Å². The van der Waals surface area contributed by atoms with Crippen LogP contribution in [0.3, 0.4) is 0 Å². The van der Waals surface area contributed by atoms with Crippen LogP contribution in [-0.4, -0.2) is 23.2 Å². The van der Waals surface area contributed by atoms with Crippen LogP contribution in [0.25, 0.3) is 0 Å². The quantitative estimate of drug-likeness (QED) is 0.585. The van der Waals surface area contributed by atoms with E-state index < -0.39 is 11.5 Å². The van der Waals surface area contributed by atoms with Crippen molar-refractivity contribution in [1.82, 2.24) is 5.32 Å². The van der Waals surface area contributed by atoms with E-state index in [1.807, 2.05) is 6.92 Å². The van der Waals surface area contributed by atoms with Gasteiger partial charge in [0.2, 0.25) is 0 Å². The van der Waals surface area contributed by atoms with Crippen molar-refractivity contribution in [3.8, 4) is 0 Å². The molecule has 0 aromatic rings. The summed E-state index contributed by atoms with van der Waals surface area (Å²) in [5.74, 6) is -0.649. The van der Waals surface area contributed by atoms with Crippen molar-refractivity contribution < 1.29 is 9.90 Å². The lowest BCUT2D eigenvalue weighted by molar-refractivity contribution is -0.141. The van der Waals surface area contributed by atoms with E-state index in [1.165, 1.54) is 0 Å². The van der Waals surface area contributed by atoms with Crippen molar-refractivity contribution in [3.63, 3.8) is 0 Å². The zero-order chi connectivity index (χ0) is 8.48. The number of likely N-dealkylation sites (N-methyl/N-ethyl adjacent to an activating group) is 1. The number of carboxylic acid groups (broad SMARTS) is 1. The molecule has 2 atom stereocenters. The van der Waals surface area contributed by atoms with Gasteiger partial charge in [-0.15, -0.1) is 6.58 Å². The van der Waals surface area contributed by atoms with Gasteiger partial charge in [-0.1, -0.05) is 13.0 Å². The highest BCUT2D eigenvalue weighted by atomic mass is 16.4. The molecule has 0 aliphatic heterocycles. The Bertz CT molecular complexity index is 191. The van der Waals surface area contributed by atoms with Crippen LogP contribution in [0, 0.1) is 5.92 Å². The molecule has 0 saturated heterocycles. The van der Waals surface area contributed by atoms with Gasteiger partial charge in [-0.05, 0) is 13.0 Å². The number of hydrogen-bond donors (Lipinski definition) is 2. The van der Waals surface area contributed by atoms with E-state index >= 15 is 0 Å². The number of carbonyl (C=O) groups is 1. The summed E-state index contributed by atoms with van der Waals surface area (Å²) in [5.41, 5.74) is -0.684. The van der Waals surface area contributed by atoms with Gasteiger partial charge in [0, 0.05) is 5.92 Å². The lowest BCUT2D eigenvalue weighted by atomic mass is 10.2. The van der Waals surface area contributed by atoms with Crippen LogP contribution >= 0.6 is 0 Å². The van der Waals surface area contributed by atoms with Gasteiger partial charge < -0.3 is 10.4 Å². The van der Waals surface area contributed by atoms with Gasteiger partial charge in [0.25, 0.3) is 0 Å². The van der Waals surface area contributed by atoms with Crippen molar-refractivity contribution >= 4 is 5.97 Å². The molecule has 1 aliphatic rings. The van der Waals surface area contributed by atoms with Crippen LogP contribution in [0.2, 0.25) is 0 Å². The summed E-state index contributed by atoms with van der Waals surface area (Å²) >= 11 is 0. The van der Waals surface area contributed by atoms with E-state index in [4.69, 9.17) is 5.11 Å². The largest absolute Gasteiger partial charge is 0.480 e. The van der Waals surface area contributed by atoms with Crippen LogP contribution in [-0.2, 0) is 4.79 Å². The Labute approximate surface area is 66.1 Å². The molecule has 1 aliphatic carbocycles. The SMILES string of the molecule is C=CC1CC1(NCC)C(=O)O. The molecule has 3 heteroatoms. The lowest BCUT2D eigenvalue weighted by Gasteiger charge is -2.10. The average Bonchev–Trinajstić information content (AvgIpc) is 2.65. The van der Waals surface area contributed by atoms with Gasteiger partial charge in [0.1, 0.15) is 5.54 Å². The first kappa shape index (κ1) is 8.27. The molecule has 62 valence electrons. The Kier molecular flexibility index (Phi) is 2.00. The molecule has 0 aromatic heterocycles. The second kappa shape index (κ2) is 2.66. The number of nitrogens with one attached hydrogen (secondary N) is 1. The summed E-state index contributed by atoms with van der Waals surface area (Å²) in [6.07, 6.45) is 2.39. The minimum atomic E-state index is -0.760. The Hall–Kier alpha value is -0.830. The molecule has 0 radical (unpaired) electrons. The summed E-state index contributed by atoms with van der Waals surface area (Å²) < 4.78 is 0. The Morgan fingerprint density at radius 2 is 2.64 bits per heavy atom. The van der Waals surface area contributed by atoms with Crippen LogP contribution in [0.5, 0.6) is 0 Å². The van der Waals surface area contributed by atoms with E-state index in [9.17, 15) is 4.79 Å². The molecular formula is C8H13NO2. The van der Waals surface area contributed by atoms with Crippen LogP contribution < -0.4 is 5.32 Å². The topological polar surface area (TPSA) is 49.3 Å². The fraction of sp³-hybridized carbons (Fsp3) is 0.625. The molecule has 0 amide bonds. The van der Waals surface area contributed by atoms with Crippen molar-refractivity contribution in [2.24, 2.45) is 5.92 Å². The molecule has 2 N–H and O–H groups in total. The van der Waals surface area contributed by atoms with E-state index in [0.717, 1.165) is 0 Å². The van der Waals surface area contributed by atoms with Crippen LogP contribution in [0.4, 0.5) is 0 Å². The molecule has 3 nitrogen and oxygen atoms in total. The average molecular weight is 155 g/mol. The van der Waals surface area contributed by atoms with Crippen LogP contribution in [0.15, 0.2) is 12.7 Å². The number of rotatable bonds is 4. The van der Waals surface area contributed by atoms with Gasteiger partial charge >= 0.3 is 5.97 Å². The highest BCUT2D eigenvalue weighted by Gasteiger charge is 2.58. The van der Waals surface area contributed by atoms with E-state index in [-0.39, 0.29) is 5.92 Å². The van der Waals surface area contributed by atoms with Crippen molar-refractivity contribution in [2.45, 2.75) is 18.9 Å². The van der Waals surface area contributed by atoms with Crippen molar-refractivity contribution in [1.29, 1.82) is 0 Å². The zero-order valence-electron chi connectivity index (χ0n) is 6.63. The van der Waals surface area contributed by atoms with E-state index in [2.05, 4.69) is 11.9 Å². The van der Waals surface area contributed by atoms with Gasteiger partial charge in [-0.25, -0.2) is 0 Å². The summed E-state index contributed by atoms with van der Waals surface area (Å²) in [6, 6.07) is 0. The number of aliphatic carboxylic acids is 1. The van der Waals surface area contributed by atoms with Crippen molar-refractivity contribution in [2.75, 3.05) is 6.54 Å². The summed E-state index contributed by atoms with van der Waals surface area (Å²) in [4.78, 5) is 10.7. The lowest BCUT2D eigenvalue weighted by Crippen LogP contribution is -2.40. The van der Waals surface area contributed by atoms with Gasteiger partial charge in [-0.3, -0.25) is 4.79 Å². The second-order valence-electron chi connectivity index (χ2n) is 2.85.